The van der Waals surface area contributed by atoms with Gasteiger partial charge in [-0.15, -0.1) is 0 Å². The van der Waals surface area contributed by atoms with E-state index in [1.165, 1.54) is 30.9 Å². The normalized spacial score (nSPS) is 14.6. The van der Waals surface area contributed by atoms with E-state index < -0.39 is 0 Å². The Bertz CT molecular complexity index is 1160. The Morgan fingerprint density at radius 1 is 1.24 bits per heavy atom. The van der Waals surface area contributed by atoms with Gasteiger partial charge < -0.3 is 14.2 Å². The van der Waals surface area contributed by atoms with E-state index in [0.29, 0.717) is 48.2 Å². The van der Waals surface area contributed by atoms with Gasteiger partial charge in [-0.25, -0.2) is 0 Å². The number of thioether (sulfide) groups is 1. The molecule has 3 rings (SSSR count). The molecule has 180 valence electrons. The van der Waals surface area contributed by atoms with Crippen LogP contribution >= 0.6 is 63.1 Å². The zero-order chi connectivity index (χ0) is 24.8. The van der Waals surface area contributed by atoms with Crippen LogP contribution in [0.15, 0.2) is 39.7 Å². The molecule has 1 fully saturated rings. The van der Waals surface area contributed by atoms with Gasteiger partial charge in [0.25, 0.3) is 5.91 Å². The summed E-state index contributed by atoms with van der Waals surface area (Å²) in [6.45, 7) is 0.568. The van der Waals surface area contributed by atoms with Crippen LogP contribution in [0.3, 0.4) is 0 Å². The number of methoxy groups -OCH3 is 2. The third-order valence-electron chi connectivity index (χ3n) is 4.80. The maximum absolute atomic E-state index is 12.8. The standard InChI is InChI=1S/C23H20BrCl2NO5S2/c1-30-18-9-13(8-16(24)21(18)32-12-14-5-6-15(25)11-17(14)26)10-19-22(29)27(23(33)34-19)7-3-4-20(28)31-2/h5-6,8-11H,3-4,7,12H2,1-2H3/b19-10-. The van der Waals surface area contributed by atoms with Gasteiger partial charge >= 0.3 is 5.97 Å². The smallest absolute Gasteiger partial charge is 0.305 e. The van der Waals surface area contributed by atoms with Crippen molar-refractivity contribution in [2.24, 2.45) is 0 Å². The van der Waals surface area contributed by atoms with Gasteiger partial charge in [-0.3, -0.25) is 14.5 Å². The van der Waals surface area contributed by atoms with Crippen molar-refractivity contribution in [3.8, 4) is 11.5 Å². The summed E-state index contributed by atoms with van der Waals surface area (Å²) in [7, 11) is 2.87. The molecule has 0 radical (unpaired) electrons. The summed E-state index contributed by atoms with van der Waals surface area (Å²) in [5, 5.41) is 1.05. The van der Waals surface area contributed by atoms with Crippen LogP contribution in [0.1, 0.15) is 24.0 Å². The van der Waals surface area contributed by atoms with E-state index in [-0.39, 0.29) is 24.9 Å². The molecule has 0 aliphatic carbocycles. The van der Waals surface area contributed by atoms with Gasteiger partial charge in [-0.05, 0) is 58.3 Å². The number of carbonyl (C=O) groups is 2. The molecule has 0 aromatic heterocycles. The summed E-state index contributed by atoms with van der Waals surface area (Å²) in [6.07, 6.45) is 2.43. The molecule has 0 atom stereocenters. The average molecular weight is 605 g/mol. The fraction of sp³-hybridized carbons (Fsp3) is 0.261. The van der Waals surface area contributed by atoms with Gasteiger partial charge in [0, 0.05) is 28.6 Å². The maximum Gasteiger partial charge on any atom is 0.305 e. The molecule has 0 spiro atoms. The first kappa shape index (κ1) is 26.8. The highest BCUT2D eigenvalue weighted by molar-refractivity contribution is 9.10. The first-order valence-corrected chi connectivity index (χ1v) is 12.8. The van der Waals surface area contributed by atoms with Crippen molar-refractivity contribution in [3.63, 3.8) is 0 Å². The van der Waals surface area contributed by atoms with Gasteiger partial charge in [-0.2, -0.15) is 0 Å². The van der Waals surface area contributed by atoms with Crippen LogP contribution in [0, 0.1) is 0 Å². The summed E-state index contributed by atoms with van der Waals surface area (Å²) in [4.78, 5) is 26.1. The molecule has 2 aromatic carbocycles. The fourth-order valence-electron chi connectivity index (χ4n) is 3.08. The Morgan fingerprint density at radius 2 is 2.00 bits per heavy atom. The van der Waals surface area contributed by atoms with Gasteiger partial charge in [0.15, 0.2) is 11.5 Å². The molecular weight excluding hydrogens is 585 g/mol. The lowest BCUT2D eigenvalue weighted by Gasteiger charge is -2.15. The van der Waals surface area contributed by atoms with Gasteiger partial charge in [0.1, 0.15) is 10.9 Å². The first-order valence-electron chi connectivity index (χ1n) is 10.00. The molecule has 0 unspecified atom stereocenters. The van der Waals surface area contributed by atoms with Crippen molar-refractivity contribution < 1.29 is 23.8 Å². The van der Waals surface area contributed by atoms with Crippen LogP contribution in [0.4, 0.5) is 0 Å². The summed E-state index contributed by atoms with van der Waals surface area (Å²) in [6, 6.07) is 8.79. The van der Waals surface area contributed by atoms with Crippen molar-refractivity contribution in [2.45, 2.75) is 19.4 Å². The van der Waals surface area contributed by atoms with E-state index in [9.17, 15) is 9.59 Å². The quantitative estimate of drug-likeness (QED) is 0.184. The molecular formula is C23H20BrCl2NO5S2. The minimum Gasteiger partial charge on any atom is -0.493 e. The number of ether oxygens (including phenoxy) is 3. The molecule has 1 heterocycles. The molecule has 0 saturated carbocycles. The van der Waals surface area contributed by atoms with Crippen LogP contribution < -0.4 is 9.47 Å². The third-order valence-corrected chi connectivity index (χ3v) is 7.35. The van der Waals surface area contributed by atoms with E-state index in [4.69, 9.17) is 44.9 Å². The predicted molar refractivity (Wildman–Crippen MR) is 143 cm³/mol. The molecule has 1 saturated heterocycles. The molecule has 34 heavy (non-hydrogen) atoms. The minimum atomic E-state index is -0.321. The molecule has 1 amide bonds. The van der Waals surface area contributed by atoms with Crippen LogP contribution in [-0.4, -0.2) is 41.9 Å². The van der Waals surface area contributed by atoms with Crippen molar-refractivity contribution in [2.75, 3.05) is 20.8 Å². The Balaban J connectivity index is 1.75. The van der Waals surface area contributed by atoms with Gasteiger partial charge in [0.2, 0.25) is 0 Å². The molecule has 6 nitrogen and oxygen atoms in total. The molecule has 0 N–H and O–H groups in total. The number of amides is 1. The maximum atomic E-state index is 12.8. The lowest BCUT2D eigenvalue weighted by Crippen LogP contribution is -2.29. The Kier molecular flexibility index (Phi) is 9.67. The summed E-state index contributed by atoms with van der Waals surface area (Å²) in [5.74, 6) is 0.464. The zero-order valence-corrected chi connectivity index (χ0v) is 23.0. The number of benzene rings is 2. The number of rotatable bonds is 9. The number of carbonyl (C=O) groups excluding carboxylic acids is 2. The number of hydrogen-bond donors (Lipinski definition) is 0. The summed E-state index contributed by atoms with van der Waals surface area (Å²) >= 11 is 22.3. The molecule has 2 aromatic rings. The Labute approximate surface area is 225 Å². The fourth-order valence-corrected chi connectivity index (χ4v) is 5.43. The van der Waals surface area contributed by atoms with E-state index >= 15 is 0 Å². The highest BCUT2D eigenvalue weighted by atomic mass is 79.9. The second-order valence-electron chi connectivity index (χ2n) is 7.07. The SMILES string of the molecule is COC(=O)CCCN1C(=O)/C(=C/c2cc(Br)c(OCc3ccc(Cl)cc3Cl)c(OC)c2)SC1=S. The first-order chi connectivity index (χ1) is 16.2. The number of esters is 1. The lowest BCUT2D eigenvalue weighted by molar-refractivity contribution is -0.141. The van der Waals surface area contributed by atoms with Crippen LogP contribution in [0.25, 0.3) is 6.08 Å². The second kappa shape index (κ2) is 12.3. The summed E-state index contributed by atoms with van der Waals surface area (Å²) in [5.41, 5.74) is 1.51. The molecule has 1 aliphatic rings. The van der Waals surface area contributed by atoms with Crippen molar-refractivity contribution in [1.82, 2.24) is 4.90 Å². The van der Waals surface area contributed by atoms with E-state index in [1.54, 1.807) is 30.3 Å². The monoisotopic (exact) mass is 603 g/mol. The van der Waals surface area contributed by atoms with Crippen molar-refractivity contribution in [1.29, 1.82) is 0 Å². The third kappa shape index (κ3) is 6.66. The summed E-state index contributed by atoms with van der Waals surface area (Å²) < 4.78 is 17.2. The number of thiocarbonyl (C=S) groups is 1. The van der Waals surface area contributed by atoms with Crippen LogP contribution in [0.5, 0.6) is 11.5 Å². The largest absolute Gasteiger partial charge is 0.493 e. The van der Waals surface area contributed by atoms with E-state index in [1.807, 2.05) is 6.07 Å². The minimum absolute atomic E-state index is 0.201. The average Bonchev–Trinajstić information content (AvgIpc) is 3.06. The van der Waals surface area contributed by atoms with Gasteiger partial charge in [-0.1, -0.05) is 53.2 Å². The second-order valence-corrected chi connectivity index (χ2v) is 10.4. The Morgan fingerprint density at radius 3 is 2.68 bits per heavy atom. The number of hydrogen-bond acceptors (Lipinski definition) is 7. The van der Waals surface area contributed by atoms with Crippen molar-refractivity contribution >= 4 is 85.4 Å². The number of nitrogens with zero attached hydrogens (tertiary/aromatic N) is 1. The van der Waals surface area contributed by atoms with E-state index in [0.717, 1.165) is 11.1 Å². The Hall–Kier alpha value is -1.78. The number of halogens is 3. The lowest BCUT2D eigenvalue weighted by atomic mass is 10.1. The highest BCUT2D eigenvalue weighted by Gasteiger charge is 2.31. The highest BCUT2D eigenvalue weighted by Crippen LogP contribution is 2.40. The zero-order valence-electron chi connectivity index (χ0n) is 18.2. The van der Waals surface area contributed by atoms with Gasteiger partial charge in [0.05, 0.1) is 23.6 Å². The molecule has 11 heteroatoms. The van der Waals surface area contributed by atoms with E-state index in [2.05, 4.69) is 20.7 Å². The topological polar surface area (TPSA) is 65.1 Å². The van der Waals surface area contributed by atoms with Crippen LogP contribution in [0.2, 0.25) is 10.0 Å². The van der Waals surface area contributed by atoms with Crippen LogP contribution in [-0.2, 0) is 20.9 Å². The molecule has 0 bridgehead atoms. The van der Waals surface area contributed by atoms with Crippen molar-refractivity contribution in [3.05, 3.63) is 60.9 Å². The molecule has 1 aliphatic heterocycles. The predicted octanol–water partition coefficient (Wildman–Crippen LogP) is 6.50.